The summed E-state index contributed by atoms with van der Waals surface area (Å²) in [6, 6.07) is 14.6. The Morgan fingerprint density at radius 1 is 1.05 bits per heavy atom. The Hall–Kier alpha value is -2.00. The van der Waals surface area contributed by atoms with E-state index in [1.165, 1.54) is 16.7 Å². The van der Waals surface area contributed by atoms with Crippen LogP contribution in [0, 0.1) is 6.92 Å². The molecule has 0 saturated heterocycles. The average Bonchev–Trinajstić information content (AvgIpc) is 2.53. The van der Waals surface area contributed by atoms with Gasteiger partial charge in [0.1, 0.15) is 11.5 Å². The molecule has 0 heterocycles. The standard InChI is InChI=1S/C18H23NO2/c1-13-11-15(20-3)9-10-16(13)17(19-2)12-14-7-5-6-8-18(14)21-4/h5-11,17,19H,12H2,1-4H3. The van der Waals surface area contributed by atoms with Gasteiger partial charge in [-0.15, -0.1) is 0 Å². The first-order valence-electron chi connectivity index (χ1n) is 7.13. The van der Waals surface area contributed by atoms with Crippen molar-refractivity contribution in [1.82, 2.24) is 5.32 Å². The molecule has 21 heavy (non-hydrogen) atoms. The molecule has 0 saturated carbocycles. The summed E-state index contributed by atoms with van der Waals surface area (Å²) in [4.78, 5) is 0. The molecule has 3 nitrogen and oxygen atoms in total. The lowest BCUT2D eigenvalue weighted by Gasteiger charge is -2.20. The number of methoxy groups -OCH3 is 2. The number of ether oxygens (including phenoxy) is 2. The predicted molar refractivity (Wildman–Crippen MR) is 86.2 cm³/mol. The summed E-state index contributed by atoms with van der Waals surface area (Å²) in [7, 11) is 5.40. The number of likely N-dealkylation sites (N-methyl/N-ethyl adjacent to an activating group) is 1. The fourth-order valence-electron chi connectivity index (χ4n) is 2.63. The first kappa shape index (κ1) is 15.4. The maximum Gasteiger partial charge on any atom is 0.122 e. The third kappa shape index (κ3) is 3.56. The summed E-state index contributed by atoms with van der Waals surface area (Å²) >= 11 is 0. The molecule has 0 aliphatic carbocycles. The lowest BCUT2D eigenvalue weighted by Crippen LogP contribution is -2.20. The SMILES string of the molecule is CNC(Cc1ccccc1OC)c1ccc(OC)cc1C. The summed E-state index contributed by atoms with van der Waals surface area (Å²) in [5, 5.41) is 3.40. The monoisotopic (exact) mass is 285 g/mol. The summed E-state index contributed by atoms with van der Waals surface area (Å²) in [6.45, 7) is 2.12. The Balaban J connectivity index is 2.28. The second-order valence-electron chi connectivity index (χ2n) is 5.08. The van der Waals surface area contributed by atoms with Gasteiger partial charge in [0.05, 0.1) is 14.2 Å². The minimum Gasteiger partial charge on any atom is -0.497 e. The van der Waals surface area contributed by atoms with Gasteiger partial charge in [-0.3, -0.25) is 0 Å². The van der Waals surface area contributed by atoms with Gasteiger partial charge in [0.2, 0.25) is 0 Å². The molecule has 2 aromatic carbocycles. The van der Waals surface area contributed by atoms with E-state index in [2.05, 4.69) is 30.4 Å². The van der Waals surface area contributed by atoms with E-state index in [4.69, 9.17) is 9.47 Å². The summed E-state index contributed by atoms with van der Waals surface area (Å²) in [5.41, 5.74) is 3.71. The largest absolute Gasteiger partial charge is 0.497 e. The number of aryl methyl sites for hydroxylation is 1. The normalized spacial score (nSPS) is 12.0. The van der Waals surface area contributed by atoms with Crippen molar-refractivity contribution < 1.29 is 9.47 Å². The van der Waals surface area contributed by atoms with Crippen LogP contribution >= 0.6 is 0 Å². The van der Waals surface area contributed by atoms with E-state index in [0.717, 1.165) is 17.9 Å². The highest BCUT2D eigenvalue weighted by Crippen LogP contribution is 2.28. The highest BCUT2D eigenvalue weighted by atomic mass is 16.5. The Morgan fingerprint density at radius 2 is 1.81 bits per heavy atom. The highest BCUT2D eigenvalue weighted by molar-refractivity contribution is 5.39. The van der Waals surface area contributed by atoms with Crippen LogP contribution in [-0.4, -0.2) is 21.3 Å². The van der Waals surface area contributed by atoms with Crippen LogP contribution in [0.15, 0.2) is 42.5 Å². The highest BCUT2D eigenvalue weighted by Gasteiger charge is 2.15. The molecular formula is C18H23NO2. The molecule has 1 N–H and O–H groups in total. The zero-order valence-electron chi connectivity index (χ0n) is 13.1. The van der Waals surface area contributed by atoms with Crippen molar-refractivity contribution in [3.05, 3.63) is 59.2 Å². The van der Waals surface area contributed by atoms with Crippen molar-refractivity contribution >= 4 is 0 Å². The molecule has 3 heteroatoms. The second-order valence-corrected chi connectivity index (χ2v) is 5.08. The van der Waals surface area contributed by atoms with Crippen LogP contribution in [0.3, 0.4) is 0 Å². The van der Waals surface area contributed by atoms with Crippen LogP contribution in [0.25, 0.3) is 0 Å². The number of nitrogens with one attached hydrogen (secondary N) is 1. The fourth-order valence-corrected chi connectivity index (χ4v) is 2.63. The molecule has 0 aromatic heterocycles. The molecule has 0 bridgehead atoms. The Morgan fingerprint density at radius 3 is 2.43 bits per heavy atom. The zero-order chi connectivity index (χ0) is 15.2. The number of hydrogen-bond donors (Lipinski definition) is 1. The zero-order valence-corrected chi connectivity index (χ0v) is 13.1. The van der Waals surface area contributed by atoms with Gasteiger partial charge in [0.15, 0.2) is 0 Å². The van der Waals surface area contributed by atoms with E-state index in [1.54, 1.807) is 14.2 Å². The Kier molecular flexibility index (Phi) is 5.23. The molecule has 2 rings (SSSR count). The van der Waals surface area contributed by atoms with E-state index in [-0.39, 0.29) is 6.04 Å². The molecule has 1 atom stereocenters. The van der Waals surface area contributed by atoms with Gasteiger partial charge >= 0.3 is 0 Å². The molecular weight excluding hydrogens is 262 g/mol. The first-order valence-corrected chi connectivity index (χ1v) is 7.13. The van der Waals surface area contributed by atoms with Crippen LogP contribution in [0.2, 0.25) is 0 Å². The van der Waals surface area contributed by atoms with E-state index < -0.39 is 0 Å². The number of rotatable bonds is 6. The molecule has 2 aromatic rings. The van der Waals surface area contributed by atoms with Gasteiger partial charge in [0, 0.05) is 6.04 Å². The molecule has 1 unspecified atom stereocenters. The molecule has 0 spiro atoms. The van der Waals surface area contributed by atoms with Crippen LogP contribution in [0.4, 0.5) is 0 Å². The van der Waals surface area contributed by atoms with Crippen LogP contribution in [-0.2, 0) is 6.42 Å². The number of para-hydroxylation sites is 1. The smallest absolute Gasteiger partial charge is 0.122 e. The molecule has 0 aliphatic heterocycles. The summed E-state index contributed by atoms with van der Waals surface area (Å²) < 4.78 is 10.7. The first-order chi connectivity index (χ1) is 10.2. The minimum atomic E-state index is 0.243. The fraction of sp³-hybridized carbons (Fsp3) is 0.333. The lowest BCUT2D eigenvalue weighted by molar-refractivity contribution is 0.406. The van der Waals surface area contributed by atoms with Gasteiger partial charge in [-0.05, 0) is 55.3 Å². The summed E-state index contributed by atoms with van der Waals surface area (Å²) in [5.74, 6) is 1.83. The van der Waals surface area contributed by atoms with Crippen LogP contribution in [0.1, 0.15) is 22.7 Å². The Bertz CT molecular complexity index is 596. The third-order valence-corrected chi connectivity index (χ3v) is 3.82. The Labute approximate surface area is 126 Å². The van der Waals surface area contributed by atoms with Crippen molar-refractivity contribution in [2.24, 2.45) is 0 Å². The molecule has 0 aliphatic rings. The van der Waals surface area contributed by atoms with Gasteiger partial charge in [-0.25, -0.2) is 0 Å². The number of benzene rings is 2. The van der Waals surface area contributed by atoms with Crippen molar-refractivity contribution in [3.8, 4) is 11.5 Å². The third-order valence-electron chi connectivity index (χ3n) is 3.82. The molecule has 0 radical (unpaired) electrons. The van der Waals surface area contributed by atoms with E-state index in [0.29, 0.717) is 0 Å². The van der Waals surface area contributed by atoms with Gasteiger partial charge in [0.25, 0.3) is 0 Å². The van der Waals surface area contributed by atoms with Crippen molar-refractivity contribution in [3.63, 3.8) is 0 Å². The van der Waals surface area contributed by atoms with Crippen LogP contribution < -0.4 is 14.8 Å². The van der Waals surface area contributed by atoms with Crippen molar-refractivity contribution in [2.45, 2.75) is 19.4 Å². The molecule has 0 amide bonds. The maximum atomic E-state index is 5.45. The summed E-state index contributed by atoms with van der Waals surface area (Å²) in [6.07, 6.45) is 0.883. The minimum absolute atomic E-state index is 0.243. The van der Waals surface area contributed by atoms with Gasteiger partial charge < -0.3 is 14.8 Å². The predicted octanol–water partition coefficient (Wildman–Crippen LogP) is 3.52. The van der Waals surface area contributed by atoms with Gasteiger partial charge in [-0.1, -0.05) is 24.3 Å². The lowest BCUT2D eigenvalue weighted by atomic mass is 9.95. The number of hydrogen-bond acceptors (Lipinski definition) is 3. The maximum absolute atomic E-state index is 5.45. The van der Waals surface area contributed by atoms with Gasteiger partial charge in [-0.2, -0.15) is 0 Å². The van der Waals surface area contributed by atoms with Crippen LogP contribution in [0.5, 0.6) is 11.5 Å². The van der Waals surface area contributed by atoms with E-state index in [9.17, 15) is 0 Å². The quantitative estimate of drug-likeness (QED) is 0.881. The second kappa shape index (κ2) is 7.14. The van der Waals surface area contributed by atoms with E-state index >= 15 is 0 Å². The molecule has 112 valence electrons. The average molecular weight is 285 g/mol. The van der Waals surface area contributed by atoms with Crippen molar-refractivity contribution in [1.29, 1.82) is 0 Å². The van der Waals surface area contributed by atoms with Crippen molar-refractivity contribution in [2.75, 3.05) is 21.3 Å². The molecule has 0 fully saturated rings. The topological polar surface area (TPSA) is 30.5 Å². The van der Waals surface area contributed by atoms with E-state index in [1.807, 2.05) is 31.3 Å².